The zero-order valence-electron chi connectivity index (χ0n) is 11.0. The Bertz CT molecular complexity index is 435. The molecule has 2 heterocycles. The number of hydrogen-bond donors (Lipinski definition) is 1. The average molecular weight is 248 g/mol. The van der Waals surface area contributed by atoms with Crippen molar-refractivity contribution < 1.29 is 4.79 Å². The van der Waals surface area contributed by atoms with E-state index in [0.717, 1.165) is 26.1 Å². The highest BCUT2D eigenvalue weighted by Gasteiger charge is 2.23. The molecule has 1 unspecified atom stereocenters. The lowest BCUT2D eigenvalue weighted by molar-refractivity contribution is 0.0768. The van der Waals surface area contributed by atoms with Crippen LogP contribution in [0.2, 0.25) is 0 Å². The molecule has 0 aromatic carbocycles. The molecule has 2 rings (SSSR count). The first-order valence-corrected chi connectivity index (χ1v) is 6.22. The van der Waals surface area contributed by atoms with Crippen LogP contribution < -0.4 is 5.73 Å². The summed E-state index contributed by atoms with van der Waals surface area (Å²) < 4.78 is 0. The maximum atomic E-state index is 12.2. The predicted molar refractivity (Wildman–Crippen MR) is 71.2 cm³/mol. The lowest BCUT2D eigenvalue weighted by atomic mass is 10.1. The summed E-state index contributed by atoms with van der Waals surface area (Å²) in [6.07, 6.45) is 2.72. The van der Waals surface area contributed by atoms with E-state index in [1.54, 1.807) is 23.2 Å². The van der Waals surface area contributed by atoms with E-state index in [-0.39, 0.29) is 5.91 Å². The fourth-order valence-electron chi connectivity index (χ4n) is 2.40. The SMILES string of the molecule is CN1CCC(CN(C)C(=O)c2cc(N)ccn2)C1. The molecule has 5 heteroatoms. The fourth-order valence-corrected chi connectivity index (χ4v) is 2.40. The van der Waals surface area contributed by atoms with Gasteiger partial charge >= 0.3 is 0 Å². The molecular formula is C13H20N4O. The number of aromatic nitrogens is 1. The number of nitrogen functional groups attached to an aromatic ring is 1. The quantitative estimate of drug-likeness (QED) is 0.854. The van der Waals surface area contributed by atoms with Gasteiger partial charge in [0.15, 0.2) is 0 Å². The number of anilines is 1. The van der Waals surface area contributed by atoms with Crippen molar-refractivity contribution in [1.82, 2.24) is 14.8 Å². The molecule has 1 aromatic rings. The molecular weight excluding hydrogens is 228 g/mol. The largest absolute Gasteiger partial charge is 0.399 e. The number of nitrogens with two attached hydrogens (primary N) is 1. The van der Waals surface area contributed by atoms with Crippen LogP contribution in [0.1, 0.15) is 16.9 Å². The van der Waals surface area contributed by atoms with Gasteiger partial charge < -0.3 is 15.5 Å². The highest BCUT2D eigenvalue weighted by molar-refractivity contribution is 5.92. The van der Waals surface area contributed by atoms with Crippen LogP contribution in [0.5, 0.6) is 0 Å². The van der Waals surface area contributed by atoms with Crippen molar-refractivity contribution in [3.05, 3.63) is 24.0 Å². The van der Waals surface area contributed by atoms with Crippen LogP contribution >= 0.6 is 0 Å². The van der Waals surface area contributed by atoms with Gasteiger partial charge in [-0.25, -0.2) is 0 Å². The third kappa shape index (κ3) is 2.98. The molecule has 0 radical (unpaired) electrons. The molecule has 1 aromatic heterocycles. The van der Waals surface area contributed by atoms with E-state index in [0.29, 0.717) is 17.3 Å². The second kappa shape index (κ2) is 5.35. The summed E-state index contributed by atoms with van der Waals surface area (Å²) in [7, 11) is 3.94. The zero-order valence-corrected chi connectivity index (χ0v) is 11.0. The van der Waals surface area contributed by atoms with Gasteiger partial charge in [-0.2, -0.15) is 0 Å². The standard InChI is InChI=1S/C13H20N4O/c1-16-6-4-10(8-16)9-17(2)13(18)12-7-11(14)3-5-15-12/h3,5,7,10H,4,6,8-9H2,1-2H3,(H2,14,15). The Hall–Kier alpha value is -1.62. The van der Waals surface area contributed by atoms with Crippen molar-refractivity contribution >= 4 is 11.6 Å². The van der Waals surface area contributed by atoms with E-state index in [2.05, 4.69) is 16.9 Å². The van der Waals surface area contributed by atoms with Crippen LogP contribution in [0.25, 0.3) is 0 Å². The smallest absolute Gasteiger partial charge is 0.272 e. The Balaban J connectivity index is 1.96. The summed E-state index contributed by atoms with van der Waals surface area (Å²) in [4.78, 5) is 20.3. The minimum Gasteiger partial charge on any atom is -0.399 e. The number of carbonyl (C=O) groups is 1. The maximum absolute atomic E-state index is 12.2. The summed E-state index contributed by atoms with van der Waals surface area (Å²) in [5.41, 5.74) is 6.65. The first-order valence-electron chi connectivity index (χ1n) is 6.22. The maximum Gasteiger partial charge on any atom is 0.272 e. The predicted octanol–water partition coefficient (Wildman–Crippen LogP) is 0.687. The molecule has 0 aliphatic carbocycles. The molecule has 18 heavy (non-hydrogen) atoms. The van der Waals surface area contributed by atoms with E-state index in [1.807, 2.05) is 7.05 Å². The normalized spacial score (nSPS) is 20.0. The molecule has 98 valence electrons. The minimum atomic E-state index is -0.0585. The Kier molecular flexibility index (Phi) is 3.81. The Morgan fingerprint density at radius 1 is 1.67 bits per heavy atom. The van der Waals surface area contributed by atoms with Gasteiger partial charge in [0, 0.05) is 32.0 Å². The second-order valence-electron chi connectivity index (χ2n) is 5.08. The molecule has 1 aliphatic heterocycles. The molecule has 1 saturated heterocycles. The second-order valence-corrected chi connectivity index (χ2v) is 5.08. The molecule has 2 N–H and O–H groups in total. The van der Waals surface area contributed by atoms with Crippen LogP contribution in [-0.4, -0.2) is 54.4 Å². The summed E-state index contributed by atoms with van der Waals surface area (Å²) >= 11 is 0. The lowest BCUT2D eigenvalue weighted by Gasteiger charge is -2.20. The number of carbonyl (C=O) groups excluding carboxylic acids is 1. The fraction of sp³-hybridized carbons (Fsp3) is 0.538. The highest BCUT2D eigenvalue weighted by atomic mass is 16.2. The van der Waals surface area contributed by atoms with Crippen molar-refractivity contribution in [3.8, 4) is 0 Å². The summed E-state index contributed by atoms with van der Waals surface area (Å²) in [6, 6.07) is 3.31. The molecule has 5 nitrogen and oxygen atoms in total. The van der Waals surface area contributed by atoms with Crippen molar-refractivity contribution in [3.63, 3.8) is 0 Å². The van der Waals surface area contributed by atoms with E-state index >= 15 is 0 Å². The van der Waals surface area contributed by atoms with E-state index in [1.165, 1.54) is 0 Å². The van der Waals surface area contributed by atoms with Gasteiger partial charge in [-0.15, -0.1) is 0 Å². The topological polar surface area (TPSA) is 62.5 Å². The van der Waals surface area contributed by atoms with Crippen molar-refractivity contribution in [2.24, 2.45) is 5.92 Å². The zero-order chi connectivity index (χ0) is 13.1. The van der Waals surface area contributed by atoms with Crippen LogP contribution in [0.3, 0.4) is 0 Å². The summed E-state index contributed by atoms with van der Waals surface area (Å²) in [5, 5.41) is 0. The van der Waals surface area contributed by atoms with Crippen molar-refractivity contribution in [1.29, 1.82) is 0 Å². The van der Waals surface area contributed by atoms with Gasteiger partial charge in [-0.05, 0) is 38.1 Å². The summed E-state index contributed by atoms with van der Waals surface area (Å²) in [6.45, 7) is 2.95. The number of likely N-dealkylation sites (tertiary alicyclic amines) is 1. The number of hydrogen-bond acceptors (Lipinski definition) is 4. The van der Waals surface area contributed by atoms with Gasteiger partial charge in [-0.1, -0.05) is 0 Å². The average Bonchev–Trinajstić information content (AvgIpc) is 2.73. The monoisotopic (exact) mass is 248 g/mol. The molecule has 1 amide bonds. The molecule has 0 bridgehead atoms. The molecule has 0 saturated carbocycles. The highest BCUT2D eigenvalue weighted by Crippen LogP contribution is 2.16. The third-order valence-electron chi connectivity index (χ3n) is 3.37. The van der Waals surface area contributed by atoms with Gasteiger partial charge in [0.2, 0.25) is 0 Å². The molecule has 1 aliphatic rings. The Labute approximate surface area is 108 Å². The van der Waals surface area contributed by atoms with Gasteiger partial charge in [-0.3, -0.25) is 9.78 Å². The number of nitrogens with zero attached hydrogens (tertiary/aromatic N) is 3. The van der Waals surface area contributed by atoms with Crippen LogP contribution in [0.4, 0.5) is 5.69 Å². The van der Waals surface area contributed by atoms with Gasteiger partial charge in [0.1, 0.15) is 5.69 Å². The van der Waals surface area contributed by atoms with E-state index < -0.39 is 0 Å². The number of pyridine rings is 1. The lowest BCUT2D eigenvalue weighted by Crippen LogP contribution is -2.33. The molecule has 1 fully saturated rings. The van der Waals surface area contributed by atoms with Crippen LogP contribution in [0, 0.1) is 5.92 Å². The van der Waals surface area contributed by atoms with Crippen LogP contribution in [0.15, 0.2) is 18.3 Å². The first kappa shape index (κ1) is 12.8. The van der Waals surface area contributed by atoms with E-state index in [4.69, 9.17) is 5.73 Å². The minimum absolute atomic E-state index is 0.0585. The van der Waals surface area contributed by atoms with Gasteiger partial charge in [0.25, 0.3) is 5.91 Å². The molecule has 1 atom stereocenters. The Morgan fingerprint density at radius 3 is 3.06 bits per heavy atom. The van der Waals surface area contributed by atoms with Crippen LogP contribution in [-0.2, 0) is 0 Å². The summed E-state index contributed by atoms with van der Waals surface area (Å²) in [5.74, 6) is 0.502. The van der Waals surface area contributed by atoms with Crippen molar-refractivity contribution in [2.45, 2.75) is 6.42 Å². The van der Waals surface area contributed by atoms with Crippen molar-refractivity contribution in [2.75, 3.05) is 39.5 Å². The molecule has 0 spiro atoms. The number of rotatable bonds is 3. The first-order chi connectivity index (χ1) is 8.56. The third-order valence-corrected chi connectivity index (χ3v) is 3.37. The van der Waals surface area contributed by atoms with Gasteiger partial charge in [0.05, 0.1) is 0 Å². The Morgan fingerprint density at radius 2 is 2.44 bits per heavy atom. The number of amides is 1. The van der Waals surface area contributed by atoms with E-state index in [9.17, 15) is 4.79 Å².